The molecule has 5 heteroatoms. The van der Waals surface area contributed by atoms with Crippen molar-refractivity contribution in [3.05, 3.63) is 71.3 Å². The van der Waals surface area contributed by atoms with E-state index in [0.29, 0.717) is 0 Å². The number of rotatable bonds is 11. The summed E-state index contributed by atoms with van der Waals surface area (Å²) < 4.78 is 8.52. The van der Waals surface area contributed by atoms with Gasteiger partial charge in [-0.2, -0.15) is 0 Å². The van der Waals surface area contributed by atoms with Crippen LogP contribution in [0.1, 0.15) is 38.2 Å². The van der Waals surface area contributed by atoms with Crippen LogP contribution in [-0.4, -0.2) is 42.0 Å². The smallest absolute Gasteiger partial charge is 0.123 e. The Balaban J connectivity index is 1.57. The number of hydrogen-bond acceptors (Lipinski definition) is 4. The Morgan fingerprint density at radius 1 is 1.10 bits per heavy atom. The number of nitrogens with zero attached hydrogens (tertiary/aromatic N) is 2. The minimum atomic E-state index is 0.758. The second kappa shape index (κ2) is 12.4. The van der Waals surface area contributed by atoms with Crippen LogP contribution in [0.15, 0.2) is 65.6 Å². The zero-order chi connectivity index (χ0) is 21.2. The van der Waals surface area contributed by atoms with Crippen molar-refractivity contribution in [1.29, 1.82) is 0 Å². The first kappa shape index (κ1) is 23.2. The maximum absolute atomic E-state index is 6.20. The van der Waals surface area contributed by atoms with Crippen LogP contribution >= 0.6 is 23.5 Å². The Hall–Kier alpha value is -1.46. The lowest BCUT2D eigenvalue weighted by Gasteiger charge is -2.26. The summed E-state index contributed by atoms with van der Waals surface area (Å²) in [4.78, 5) is 3.73. The molecule has 3 rings (SSSR count). The van der Waals surface area contributed by atoms with Crippen LogP contribution in [-0.2, 0) is 6.54 Å². The zero-order valence-electron chi connectivity index (χ0n) is 18.0. The number of hydrogen-bond donors (Lipinski definition) is 0. The molecular weight excluding hydrogens is 412 g/mol. The highest BCUT2D eigenvalue weighted by Crippen LogP contribution is 2.29. The fourth-order valence-corrected chi connectivity index (χ4v) is 4.86. The first-order valence-electron chi connectivity index (χ1n) is 10.9. The lowest BCUT2D eigenvalue weighted by atomic mass is 10.1. The van der Waals surface area contributed by atoms with Gasteiger partial charge in [0, 0.05) is 35.1 Å². The number of ether oxygens (including phenoxy) is 1. The van der Waals surface area contributed by atoms with Gasteiger partial charge in [-0.15, -0.1) is 0 Å². The van der Waals surface area contributed by atoms with Gasteiger partial charge in [0.2, 0.25) is 0 Å². The van der Waals surface area contributed by atoms with E-state index in [9.17, 15) is 0 Å². The summed E-state index contributed by atoms with van der Waals surface area (Å²) in [5, 5.41) is 0.758. The van der Waals surface area contributed by atoms with E-state index in [1.807, 2.05) is 12.1 Å². The van der Waals surface area contributed by atoms with Gasteiger partial charge in [-0.05, 0) is 81.6 Å². The number of halogens is 1. The lowest BCUT2D eigenvalue weighted by molar-refractivity contribution is 0.204. The normalized spacial score (nSPS) is 14.8. The van der Waals surface area contributed by atoms with E-state index in [2.05, 4.69) is 59.1 Å². The number of benzene rings is 2. The van der Waals surface area contributed by atoms with Crippen LogP contribution in [0.5, 0.6) is 5.75 Å². The topological polar surface area (TPSA) is 15.7 Å². The molecule has 1 saturated heterocycles. The van der Waals surface area contributed by atoms with Gasteiger partial charge in [-0.3, -0.25) is 0 Å². The summed E-state index contributed by atoms with van der Waals surface area (Å²) >= 11 is 7.76. The van der Waals surface area contributed by atoms with E-state index in [0.717, 1.165) is 49.0 Å². The Morgan fingerprint density at radius 2 is 1.83 bits per heavy atom. The van der Waals surface area contributed by atoms with Crippen LogP contribution < -0.4 is 4.74 Å². The van der Waals surface area contributed by atoms with E-state index in [-0.39, 0.29) is 0 Å². The molecule has 162 valence electrons. The third-order valence-electron chi connectivity index (χ3n) is 5.14. The first-order chi connectivity index (χ1) is 14.6. The molecule has 0 spiro atoms. The first-order valence-corrected chi connectivity index (χ1v) is 12.0. The van der Waals surface area contributed by atoms with E-state index in [1.54, 1.807) is 11.9 Å². The molecule has 0 bridgehead atoms. The van der Waals surface area contributed by atoms with E-state index in [4.69, 9.17) is 16.3 Å². The summed E-state index contributed by atoms with van der Waals surface area (Å²) in [7, 11) is 0. The monoisotopic (exact) mass is 444 g/mol. The Kier molecular flexibility index (Phi) is 9.60. The van der Waals surface area contributed by atoms with Crippen LogP contribution in [0.25, 0.3) is 0 Å². The highest BCUT2D eigenvalue weighted by atomic mass is 35.5. The molecule has 3 nitrogen and oxygen atoms in total. The number of likely N-dealkylation sites (tertiary alicyclic amines) is 1. The van der Waals surface area contributed by atoms with Crippen molar-refractivity contribution in [3.63, 3.8) is 0 Å². The minimum Gasteiger partial charge on any atom is -0.493 e. The highest BCUT2D eigenvalue weighted by molar-refractivity contribution is 7.97. The van der Waals surface area contributed by atoms with Crippen LogP contribution in [0.3, 0.4) is 0 Å². The minimum absolute atomic E-state index is 0.758. The Bertz CT molecular complexity index is 790. The van der Waals surface area contributed by atoms with Crippen molar-refractivity contribution in [3.8, 4) is 5.75 Å². The largest absolute Gasteiger partial charge is 0.493 e. The highest BCUT2D eigenvalue weighted by Gasteiger charge is 2.13. The van der Waals surface area contributed by atoms with Gasteiger partial charge >= 0.3 is 0 Å². The van der Waals surface area contributed by atoms with Crippen LogP contribution in [0, 0.1) is 0 Å². The van der Waals surface area contributed by atoms with Gasteiger partial charge in [0.1, 0.15) is 5.75 Å². The third kappa shape index (κ3) is 7.99. The molecule has 0 atom stereocenters. The molecule has 0 amide bonds. The van der Waals surface area contributed by atoms with Crippen LogP contribution in [0.2, 0.25) is 5.02 Å². The van der Waals surface area contributed by atoms with Gasteiger partial charge in [0.25, 0.3) is 0 Å². The maximum atomic E-state index is 6.20. The second-order valence-electron chi connectivity index (χ2n) is 8.01. The van der Waals surface area contributed by atoms with Crippen LogP contribution in [0.4, 0.5) is 0 Å². The number of para-hydroxylation sites is 1. The molecule has 1 aliphatic heterocycles. The van der Waals surface area contributed by atoms with Crippen molar-refractivity contribution in [2.45, 2.75) is 44.0 Å². The fourth-order valence-electron chi connectivity index (χ4n) is 3.68. The standard InChI is InChI=1S/C25H33ClN2OS/c1-21(2)19-28(30-24-13-11-23(26)12-14-24)20-22-9-4-5-10-25(22)29-18-8-17-27-15-6-3-7-16-27/h4-5,9-14H,1,3,6-8,15-20H2,2H3. The lowest BCUT2D eigenvalue weighted by Crippen LogP contribution is -2.31. The molecule has 1 heterocycles. The molecule has 2 aromatic carbocycles. The molecule has 1 fully saturated rings. The molecule has 0 saturated carbocycles. The molecule has 0 radical (unpaired) electrons. The molecular formula is C25H33ClN2OS. The van der Waals surface area contributed by atoms with Gasteiger partial charge in [-0.1, -0.05) is 48.4 Å². The van der Waals surface area contributed by atoms with Gasteiger partial charge < -0.3 is 9.64 Å². The molecule has 0 aromatic heterocycles. The quantitative estimate of drug-likeness (QED) is 0.218. The van der Waals surface area contributed by atoms with E-state index >= 15 is 0 Å². The van der Waals surface area contributed by atoms with Gasteiger partial charge in [-0.25, -0.2) is 4.31 Å². The molecule has 0 unspecified atom stereocenters. The SMILES string of the molecule is C=C(C)CN(Cc1ccccc1OCCCN1CCCCC1)Sc1ccc(Cl)cc1. The molecule has 2 aromatic rings. The number of piperidine rings is 1. The molecule has 0 aliphatic carbocycles. The Morgan fingerprint density at radius 3 is 2.57 bits per heavy atom. The zero-order valence-corrected chi connectivity index (χ0v) is 19.6. The third-order valence-corrected chi connectivity index (χ3v) is 6.39. The van der Waals surface area contributed by atoms with Gasteiger partial charge in [0.05, 0.1) is 6.61 Å². The summed E-state index contributed by atoms with van der Waals surface area (Å²) in [5.41, 5.74) is 2.34. The van der Waals surface area contributed by atoms with Crippen molar-refractivity contribution in [2.24, 2.45) is 0 Å². The molecule has 0 N–H and O–H groups in total. The summed E-state index contributed by atoms with van der Waals surface area (Å²) in [6.45, 7) is 12.2. The van der Waals surface area contributed by atoms with Crippen molar-refractivity contribution >= 4 is 23.5 Å². The maximum Gasteiger partial charge on any atom is 0.123 e. The summed E-state index contributed by atoms with van der Waals surface area (Å²) in [6.07, 6.45) is 5.14. The predicted molar refractivity (Wildman–Crippen MR) is 129 cm³/mol. The Labute approximate surface area is 191 Å². The summed E-state index contributed by atoms with van der Waals surface area (Å²) in [6, 6.07) is 16.4. The molecule has 1 aliphatic rings. The average Bonchev–Trinajstić information content (AvgIpc) is 2.74. The predicted octanol–water partition coefficient (Wildman–Crippen LogP) is 6.68. The molecule has 30 heavy (non-hydrogen) atoms. The van der Waals surface area contributed by atoms with E-state index < -0.39 is 0 Å². The van der Waals surface area contributed by atoms with Gasteiger partial charge in [0.15, 0.2) is 0 Å². The van der Waals surface area contributed by atoms with Crippen molar-refractivity contribution < 1.29 is 4.74 Å². The average molecular weight is 445 g/mol. The fraction of sp³-hybridized carbons (Fsp3) is 0.440. The second-order valence-corrected chi connectivity index (χ2v) is 9.62. The van der Waals surface area contributed by atoms with E-state index in [1.165, 1.54) is 42.8 Å². The van der Waals surface area contributed by atoms with Crippen molar-refractivity contribution in [1.82, 2.24) is 9.21 Å². The summed E-state index contributed by atoms with van der Waals surface area (Å²) in [5.74, 6) is 0.986. The van der Waals surface area contributed by atoms with Crippen molar-refractivity contribution in [2.75, 3.05) is 32.8 Å².